The van der Waals surface area contributed by atoms with Crippen LogP contribution in [0.25, 0.3) is 0 Å². The molecule has 2 heterocycles. The maximum Gasteiger partial charge on any atom is 0.187 e. The van der Waals surface area contributed by atoms with Crippen molar-refractivity contribution >= 4 is 21.7 Å². The van der Waals surface area contributed by atoms with Gasteiger partial charge in [-0.15, -0.1) is 0 Å². The van der Waals surface area contributed by atoms with Crippen LogP contribution in [-0.4, -0.2) is 15.8 Å². The Morgan fingerprint density at radius 1 is 1.28 bits per heavy atom. The van der Waals surface area contributed by atoms with Crippen molar-refractivity contribution in [2.45, 2.75) is 20.3 Å². The van der Waals surface area contributed by atoms with Crippen LogP contribution in [0.4, 0.5) is 0 Å². The molecule has 92 valence electrons. The number of aromatic nitrogens is 2. The first-order valence-electron chi connectivity index (χ1n) is 5.63. The highest BCUT2D eigenvalue weighted by atomic mass is 79.9. The maximum absolute atomic E-state index is 12.1. The van der Waals surface area contributed by atoms with E-state index >= 15 is 0 Å². The summed E-state index contributed by atoms with van der Waals surface area (Å²) in [5.74, 6) is -0.00313. The minimum atomic E-state index is -0.00313. The number of hydrogen-bond acceptors (Lipinski definition) is 3. The number of rotatable bonds is 3. The second kappa shape index (κ2) is 5.40. The van der Waals surface area contributed by atoms with Crippen molar-refractivity contribution in [2.75, 3.05) is 0 Å². The molecule has 0 spiro atoms. The Morgan fingerprint density at radius 2 is 2.06 bits per heavy atom. The fraction of sp³-hybridized carbons (Fsp3) is 0.214. The molecule has 0 bridgehead atoms. The van der Waals surface area contributed by atoms with E-state index in [1.807, 2.05) is 38.1 Å². The van der Waals surface area contributed by atoms with Gasteiger partial charge in [-0.05, 0) is 59.6 Å². The largest absolute Gasteiger partial charge is 0.292 e. The number of Topliss-reactive ketones (excluding diaryl/α,β-unsaturated/α-hetero) is 1. The predicted molar refractivity (Wildman–Crippen MR) is 73.7 cm³/mol. The lowest BCUT2D eigenvalue weighted by Crippen LogP contribution is -2.08. The van der Waals surface area contributed by atoms with Crippen LogP contribution in [0.3, 0.4) is 0 Å². The Kier molecular flexibility index (Phi) is 3.87. The number of nitrogens with zero attached hydrogens (tertiary/aromatic N) is 2. The maximum atomic E-state index is 12.1. The average molecular weight is 305 g/mol. The van der Waals surface area contributed by atoms with Crippen LogP contribution in [0.2, 0.25) is 0 Å². The minimum Gasteiger partial charge on any atom is -0.292 e. The molecule has 0 atom stereocenters. The van der Waals surface area contributed by atoms with Crippen molar-refractivity contribution in [1.29, 1.82) is 0 Å². The molecule has 0 fully saturated rings. The lowest BCUT2D eigenvalue weighted by Gasteiger charge is -2.03. The van der Waals surface area contributed by atoms with E-state index in [9.17, 15) is 4.79 Å². The highest BCUT2D eigenvalue weighted by Gasteiger charge is 2.10. The molecule has 0 aliphatic heterocycles. The van der Waals surface area contributed by atoms with Gasteiger partial charge in [-0.2, -0.15) is 0 Å². The first kappa shape index (κ1) is 12.9. The zero-order chi connectivity index (χ0) is 13.1. The Hall–Kier alpha value is -1.55. The van der Waals surface area contributed by atoms with Crippen LogP contribution in [-0.2, 0) is 6.42 Å². The Morgan fingerprint density at radius 3 is 2.67 bits per heavy atom. The third-order valence-corrected chi connectivity index (χ3v) is 2.98. The van der Waals surface area contributed by atoms with Crippen molar-refractivity contribution in [2.24, 2.45) is 0 Å². The number of ketones is 1. The zero-order valence-electron chi connectivity index (χ0n) is 10.3. The van der Waals surface area contributed by atoms with Gasteiger partial charge in [-0.1, -0.05) is 0 Å². The monoisotopic (exact) mass is 304 g/mol. The zero-order valence-corrected chi connectivity index (χ0v) is 11.9. The molecule has 0 saturated carbocycles. The van der Waals surface area contributed by atoms with Gasteiger partial charge >= 0.3 is 0 Å². The van der Waals surface area contributed by atoms with Crippen LogP contribution < -0.4 is 0 Å². The molecule has 0 aliphatic carbocycles. The van der Waals surface area contributed by atoms with Crippen LogP contribution >= 0.6 is 15.9 Å². The summed E-state index contributed by atoms with van der Waals surface area (Å²) in [6.45, 7) is 3.85. The number of pyridine rings is 2. The van der Waals surface area contributed by atoms with Gasteiger partial charge in [0.1, 0.15) is 5.69 Å². The van der Waals surface area contributed by atoms with E-state index in [-0.39, 0.29) is 12.2 Å². The first-order valence-corrected chi connectivity index (χ1v) is 6.43. The van der Waals surface area contributed by atoms with Crippen LogP contribution in [0.15, 0.2) is 34.9 Å². The Labute approximate surface area is 114 Å². The van der Waals surface area contributed by atoms with Gasteiger partial charge in [0.25, 0.3) is 0 Å². The van der Waals surface area contributed by atoms with Crippen molar-refractivity contribution in [3.63, 3.8) is 0 Å². The van der Waals surface area contributed by atoms with Crippen molar-refractivity contribution < 1.29 is 4.79 Å². The average Bonchev–Trinajstić information content (AvgIpc) is 2.31. The fourth-order valence-electron chi connectivity index (χ4n) is 1.75. The number of carbonyl (C=O) groups excluding carboxylic acids is 1. The summed E-state index contributed by atoms with van der Waals surface area (Å²) in [6, 6.07) is 7.48. The first-order chi connectivity index (χ1) is 8.54. The molecule has 0 unspecified atom stereocenters. The van der Waals surface area contributed by atoms with E-state index in [0.29, 0.717) is 5.69 Å². The van der Waals surface area contributed by atoms with Crippen molar-refractivity contribution in [3.8, 4) is 0 Å². The molecule has 3 nitrogen and oxygen atoms in total. The second-order valence-corrected chi connectivity index (χ2v) is 5.15. The van der Waals surface area contributed by atoms with Crippen LogP contribution in [0.5, 0.6) is 0 Å². The van der Waals surface area contributed by atoms with Gasteiger partial charge in [0.05, 0.1) is 6.42 Å². The summed E-state index contributed by atoms with van der Waals surface area (Å²) in [4.78, 5) is 20.5. The number of halogens is 1. The van der Waals surface area contributed by atoms with Crippen molar-refractivity contribution in [1.82, 2.24) is 9.97 Å². The highest BCUT2D eigenvalue weighted by Crippen LogP contribution is 2.11. The second-order valence-electron chi connectivity index (χ2n) is 4.24. The molecular formula is C14H13BrN2O. The standard InChI is InChI=1S/C14H13BrN2O/c1-9-5-10(2)17-13(6-9)14(18)7-12-4-3-11(15)8-16-12/h3-6,8H,7H2,1-2H3. The summed E-state index contributed by atoms with van der Waals surface area (Å²) >= 11 is 3.32. The van der Waals surface area contributed by atoms with Gasteiger partial charge in [0.2, 0.25) is 0 Å². The Balaban J connectivity index is 2.19. The lowest BCUT2D eigenvalue weighted by molar-refractivity contribution is 0.0987. The van der Waals surface area contributed by atoms with E-state index < -0.39 is 0 Å². The Bertz CT molecular complexity index is 559. The molecule has 0 aromatic carbocycles. The molecule has 2 aromatic heterocycles. The molecule has 0 amide bonds. The van der Waals surface area contributed by atoms with E-state index in [1.54, 1.807) is 6.20 Å². The summed E-state index contributed by atoms with van der Waals surface area (Å²) in [7, 11) is 0. The predicted octanol–water partition coefficient (Wildman–Crippen LogP) is 3.28. The molecule has 4 heteroatoms. The number of aryl methyl sites for hydroxylation is 2. The van der Waals surface area contributed by atoms with Crippen LogP contribution in [0.1, 0.15) is 27.4 Å². The van der Waals surface area contributed by atoms with Gasteiger partial charge in [0, 0.05) is 22.1 Å². The number of carbonyl (C=O) groups is 1. The summed E-state index contributed by atoms with van der Waals surface area (Å²) < 4.78 is 0.906. The molecule has 2 aromatic rings. The molecule has 18 heavy (non-hydrogen) atoms. The molecule has 0 saturated heterocycles. The van der Waals surface area contributed by atoms with Crippen LogP contribution in [0, 0.1) is 13.8 Å². The number of hydrogen-bond donors (Lipinski definition) is 0. The summed E-state index contributed by atoms with van der Waals surface area (Å²) in [5.41, 5.74) is 3.18. The fourth-order valence-corrected chi connectivity index (χ4v) is 1.98. The van der Waals surface area contributed by atoms with E-state index in [2.05, 4.69) is 25.9 Å². The quantitative estimate of drug-likeness (QED) is 0.817. The van der Waals surface area contributed by atoms with Gasteiger partial charge < -0.3 is 0 Å². The minimum absolute atomic E-state index is 0.00313. The molecule has 0 radical (unpaired) electrons. The smallest absolute Gasteiger partial charge is 0.187 e. The van der Waals surface area contributed by atoms with E-state index in [4.69, 9.17) is 0 Å². The summed E-state index contributed by atoms with van der Waals surface area (Å²) in [5, 5.41) is 0. The summed E-state index contributed by atoms with van der Waals surface area (Å²) in [6.07, 6.45) is 1.97. The molecule has 0 aliphatic rings. The molecular weight excluding hydrogens is 292 g/mol. The molecule has 2 rings (SSSR count). The van der Waals surface area contributed by atoms with Crippen molar-refractivity contribution in [3.05, 3.63) is 57.6 Å². The highest BCUT2D eigenvalue weighted by molar-refractivity contribution is 9.10. The van der Waals surface area contributed by atoms with Gasteiger partial charge in [-0.3, -0.25) is 9.78 Å². The molecule has 0 N–H and O–H groups in total. The van der Waals surface area contributed by atoms with E-state index in [1.165, 1.54) is 0 Å². The van der Waals surface area contributed by atoms with Gasteiger partial charge in [-0.25, -0.2) is 4.98 Å². The SMILES string of the molecule is Cc1cc(C)nc(C(=O)Cc2ccc(Br)cn2)c1. The third kappa shape index (κ3) is 3.23. The third-order valence-electron chi connectivity index (χ3n) is 2.51. The van der Waals surface area contributed by atoms with E-state index in [0.717, 1.165) is 21.4 Å². The lowest BCUT2D eigenvalue weighted by atomic mass is 10.1. The normalized spacial score (nSPS) is 10.4. The van der Waals surface area contributed by atoms with Gasteiger partial charge in [0.15, 0.2) is 5.78 Å². The topological polar surface area (TPSA) is 42.9 Å².